The third kappa shape index (κ3) is 3.05. The zero-order valence-corrected chi connectivity index (χ0v) is 14.7. The van der Waals surface area contributed by atoms with Gasteiger partial charge in [-0.3, -0.25) is 9.69 Å². The van der Waals surface area contributed by atoms with Gasteiger partial charge in [0, 0.05) is 18.5 Å². The highest BCUT2D eigenvalue weighted by molar-refractivity contribution is 7.22. The number of fused-ring (bicyclic) bond motifs is 2. The lowest BCUT2D eigenvalue weighted by atomic mass is 10.1. The Morgan fingerprint density at radius 1 is 1.16 bits per heavy atom. The molecular formula is C19H18N2O3S. The van der Waals surface area contributed by atoms with E-state index in [9.17, 15) is 4.79 Å². The van der Waals surface area contributed by atoms with E-state index < -0.39 is 0 Å². The van der Waals surface area contributed by atoms with E-state index in [-0.39, 0.29) is 5.91 Å². The number of rotatable bonds is 3. The Labute approximate surface area is 149 Å². The van der Waals surface area contributed by atoms with Gasteiger partial charge in [-0.25, -0.2) is 4.98 Å². The van der Waals surface area contributed by atoms with Crippen LogP contribution in [0.25, 0.3) is 10.2 Å². The van der Waals surface area contributed by atoms with Crippen LogP contribution in [0.5, 0.6) is 11.5 Å². The lowest BCUT2D eigenvalue weighted by Gasteiger charge is -2.18. The van der Waals surface area contributed by atoms with Crippen molar-refractivity contribution in [2.75, 3.05) is 24.7 Å². The molecule has 0 saturated heterocycles. The van der Waals surface area contributed by atoms with E-state index in [1.165, 1.54) is 11.3 Å². The first-order valence-electron chi connectivity index (χ1n) is 8.33. The molecule has 0 aliphatic carbocycles. The minimum Gasteiger partial charge on any atom is -0.490 e. The standard InChI is InChI=1S/C19H18N2O3S/c1-2-21(19-20-14-6-3-4-7-17(14)25-19)18(22)13-8-9-15-16(12-13)24-11-5-10-23-15/h3-4,6-9,12H,2,5,10-11H2,1H3. The van der Waals surface area contributed by atoms with E-state index in [2.05, 4.69) is 4.98 Å². The van der Waals surface area contributed by atoms with Gasteiger partial charge in [0.05, 0.1) is 23.4 Å². The van der Waals surface area contributed by atoms with Gasteiger partial charge in [-0.1, -0.05) is 23.5 Å². The molecule has 0 N–H and O–H groups in total. The summed E-state index contributed by atoms with van der Waals surface area (Å²) in [5.41, 5.74) is 1.48. The van der Waals surface area contributed by atoms with Gasteiger partial charge in [-0.05, 0) is 37.3 Å². The summed E-state index contributed by atoms with van der Waals surface area (Å²) >= 11 is 1.52. The lowest BCUT2D eigenvalue weighted by molar-refractivity contribution is 0.0988. The van der Waals surface area contributed by atoms with Gasteiger partial charge in [-0.2, -0.15) is 0 Å². The number of hydrogen-bond acceptors (Lipinski definition) is 5. The van der Waals surface area contributed by atoms with Crippen LogP contribution in [0.2, 0.25) is 0 Å². The maximum Gasteiger partial charge on any atom is 0.260 e. The molecule has 2 heterocycles. The first-order valence-corrected chi connectivity index (χ1v) is 9.15. The minimum absolute atomic E-state index is 0.0859. The van der Waals surface area contributed by atoms with Crippen molar-refractivity contribution in [2.45, 2.75) is 13.3 Å². The number of carbonyl (C=O) groups is 1. The van der Waals surface area contributed by atoms with Gasteiger partial charge in [0.15, 0.2) is 16.6 Å². The second-order valence-electron chi connectivity index (χ2n) is 5.73. The first kappa shape index (κ1) is 15.9. The van der Waals surface area contributed by atoms with Crippen molar-refractivity contribution >= 4 is 32.6 Å². The fourth-order valence-corrected chi connectivity index (χ4v) is 3.82. The molecule has 0 fully saturated rings. The second-order valence-corrected chi connectivity index (χ2v) is 6.73. The topological polar surface area (TPSA) is 51.7 Å². The Morgan fingerprint density at radius 2 is 1.96 bits per heavy atom. The van der Waals surface area contributed by atoms with Crippen LogP contribution in [-0.4, -0.2) is 30.6 Å². The largest absolute Gasteiger partial charge is 0.490 e. The lowest BCUT2D eigenvalue weighted by Crippen LogP contribution is -2.30. The number of ether oxygens (including phenoxy) is 2. The van der Waals surface area contributed by atoms with Crippen LogP contribution in [0.1, 0.15) is 23.7 Å². The second kappa shape index (κ2) is 6.72. The van der Waals surface area contributed by atoms with Crippen LogP contribution in [0.4, 0.5) is 5.13 Å². The van der Waals surface area contributed by atoms with Gasteiger partial charge >= 0.3 is 0 Å². The molecule has 0 atom stereocenters. The highest BCUT2D eigenvalue weighted by Crippen LogP contribution is 2.33. The van der Waals surface area contributed by atoms with E-state index in [1.807, 2.05) is 31.2 Å². The average Bonchev–Trinajstić information content (AvgIpc) is 2.91. The maximum absolute atomic E-state index is 13.0. The number of nitrogens with zero attached hydrogens (tertiary/aromatic N) is 2. The van der Waals surface area contributed by atoms with Crippen molar-refractivity contribution in [1.29, 1.82) is 0 Å². The SMILES string of the molecule is CCN(C(=O)c1ccc2c(c1)OCCCO2)c1nc2ccccc2s1. The van der Waals surface area contributed by atoms with E-state index in [0.717, 1.165) is 16.6 Å². The Morgan fingerprint density at radius 3 is 2.76 bits per heavy atom. The van der Waals surface area contributed by atoms with Crippen LogP contribution >= 0.6 is 11.3 Å². The molecule has 0 saturated carbocycles. The summed E-state index contributed by atoms with van der Waals surface area (Å²) in [5, 5.41) is 0.709. The van der Waals surface area contributed by atoms with Crippen LogP contribution in [0.3, 0.4) is 0 Å². The van der Waals surface area contributed by atoms with Crippen molar-refractivity contribution in [3.63, 3.8) is 0 Å². The normalized spacial score (nSPS) is 13.5. The molecule has 1 amide bonds. The van der Waals surface area contributed by atoms with Gasteiger partial charge < -0.3 is 9.47 Å². The number of hydrogen-bond donors (Lipinski definition) is 0. The predicted molar refractivity (Wildman–Crippen MR) is 99.0 cm³/mol. The summed E-state index contributed by atoms with van der Waals surface area (Å²) in [4.78, 5) is 19.3. The third-order valence-electron chi connectivity index (χ3n) is 4.07. The van der Waals surface area contributed by atoms with Crippen molar-refractivity contribution in [3.05, 3.63) is 48.0 Å². The van der Waals surface area contributed by atoms with Crippen LogP contribution in [0.15, 0.2) is 42.5 Å². The molecule has 3 aromatic rings. The molecular weight excluding hydrogens is 336 g/mol. The Balaban J connectivity index is 1.67. The quantitative estimate of drug-likeness (QED) is 0.710. The Hall–Kier alpha value is -2.60. The van der Waals surface area contributed by atoms with Crippen LogP contribution in [0, 0.1) is 0 Å². The fraction of sp³-hybridized carbons (Fsp3) is 0.263. The van der Waals surface area contributed by atoms with Crippen LogP contribution < -0.4 is 14.4 Å². The number of amides is 1. The highest BCUT2D eigenvalue weighted by atomic mass is 32.1. The van der Waals surface area contributed by atoms with Crippen molar-refractivity contribution in [3.8, 4) is 11.5 Å². The Bertz CT molecular complexity index is 889. The summed E-state index contributed by atoms with van der Waals surface area (Å²) < 4.78 is 12.4. The summed E-state index contributed by atoms with van der Waals surface area (Å²) in [7, 11) is 0. The Kier molecular flexibility index (Phi) is 4.28. The number of anilines is 1. The third-order valence-corrected chi connectivity index (χ3v) is 5.13. The summed E-state index contributed by atoms with van der Waals surface area (Å²) in [5.74, 6) is 1.23. The fourth-order valence-electron chi connectivity index (χ4n) is 2.79. The summed E-state index contributed by atoms with van der Waals surface area (Å²) in [6.07, 6.45) is 0.838. The smallest absolute Gasteiger partial charge is 0.260 e. The molecule has 0 spiro atoms. The summed E-state index contributed by atoms with van der Waals surface area (Å²) in [6, 6.07) is 13.3. The molecule has 0 bridgehead atoms. The van der Waals surface area contributed by atoms with Crippen LogP contribution in [-0.2, 0) is 0 Å². The van der Waals surface area contributed by atoms with Gasteiger partial charge in [0.2, 0.25) is 0 Å². The predicted octanol–water partition coefficient (Wildman–Crippen LogP) is 4.12. The monoisotopic (exact) mass is 354 g/mol. The summed E-state index contributed by atoms with van der Waals surface area (Å²) in [6.45, 7) is 3.73. The van der Waals surface area contributed by atoms with E-state index >= 15 is 0 Å². The zero-order valence-electron chi connectivity index (χ0n) is 13.9. The molecule has 0 radical (unpaired) electrons. The minimum atomic E-state index is -0.0859. The van der Waals surface area contributed by atoms with Crippen molar-refractivity contribution in [1.82, 2.24) is 4.98 Å². The van der Waals surface area contributed by atoms with Gasteiger partial charge in [0.25, 0.3) is 5.91 Å². The number of benzene rings is 2. The first-order chi connectivity index (χ1) is 12.3. The van der Waals surface area contributed by atoms with E-state index in [4.69, 9.17) is 9.47 Å². The maximum atomic E-state index is 13.0. The van der Waals surface area contributed by atoms with Crippen molar-refractivity contribution in [2.24, 2.45) is 0 Å². The molecule has 1 aliphatic rings. The van der Waals surface area contributed by atoms with Gasteiger partial charge in [0.1, 0.15) is 0 Å². The molecule has 4 rings (SSSR count). The molecule has 5 nitrogen and oxygen atoms in total. The number of aromatic nitrogens is 1. The average molecular weight is 354 g/mol. The van der Waals surface area contributed by atoms with E-state index in [0.29, 0.717) is 42.0 Å². The number of para-hydroxylation sites is 1. The highest BCUT2D eigenvalue weighted by Gasteiger charge is 2.21. The zero-order chi connectivity index (χ0) is 17.2. The van der Waals surface area contributed by atoms with Gasteiger partial charge in [-0.15, -0.1) is 0 Å². The molecule has 6 heteroatoms. The van der Waals surface area contributed by atoms with E-state index in [1.54, 1.807) is 23.1 Å². The van der Waals surface area contributed by atoms with Crippen molar-refractivity contribution < 1.29 is 14.3 Å². The molecule has 0 unspecified atom stereocenters. The molecule has 1 aromatic heterocycles. The molecule has 2 aromatic carbocycles. The molecule has 1 aliphatic heterocycles. The number of carbonyl (C=O) groups excluding carboxylic acids is 1. The number of thiazole rings is 1. The molecule has 25 heavy (non-hydrogen) atoms. The molecule has 128 valence electrons.